The van der Waals surface area contributed by atoms with Gasteiger partial charge in [-0.2, -0.15) is 0 Å². The number of nitrogen functional groups attached to an aromatic ring is 1. The van der Waals surface area contributed by atoms with Gasteiger partial charge in [0.1, 0.15) is 0 Å². The fourth-order valence-corrected chi connectivity index (χ4v) is 2.41. The smallest absolute Gasteiger partial charge is 0.0314 e. The van der Waals surface area contributed by atoms with Gasteiger partial charge >= 0.3 is 0 Å². The van der Waals surface area contributed by atoms with Crippen LogP contribution in [0.2, 0.25) is 0 Å². The van der Waals surface area contributed by atoms with Crippen molar-refractivity contribution in [2.75, 3.05) is 5.73 Å². The molecule has 84 valence electrons. The monoisotopic (exact) mass is 221 g/mol. The second-order valence-corrected chi connectivity index (χ2v) is 4.54. The van der Waals surface area contributed by atoms with E-state index in [4.69, 9.17) is 5.73 Å². The summed E-state index contributed by atoms with van der Waals surface area (Å²) in [6, 6.07) is 16.8. The van der Waals surface area contributed by atoms with E-state index in [0.29, 0.717) is 5.92 Å². The number of hydrogen-bond donors (Lipinski definition) is 1. The number of hydrogen-bond acceptors (Lipinski definition) is 1. The van der Waals surface area contributed by atoms with E-state index < -0.39 is 0 Å². The Morgan fingerprint density at radius 2 is 1.71 bits per heavy atom. The van der Waals surface area contributed by atoms with Crippen LogP contribution in [0.1, 0.15) is 22.6 Å². The third-order valence-electron chi connectivity index (χ3n) is 3.34. The molecule has 2 aromatic rings. The van der Waals surface area contributed by atoms with Crippen molar-refractivity contribution in [3.63, 3.8) is 0 Å². The molecule has 17 heavy (non-hydrogen) atoms. The van der Waals surface area contributed by atoms with E-state index in [0.717, 1.165) is 12.1 Å². The Morgan fingerprint density at radius 3 is 2.53 bits per heavy atom. The Balaban J connectivity index is 1.84. The van der Waals surface area contributed by atoms with Crippen molar-refractivity contribution < 1.29 is 0 Å². The molecule has 0 heterocycles. The minimum absolute atomic E-state index is 0.509. The Labute approximate surface area is 102 Å². The van der Waals surface area contributed by atoms with Gasteiger partial charge in [0.05, 0.1) is 0 Å². The molecule has 1 unspecified atom stereocenters. The summed E-state index contributed by atoms with van der Waals surface area (Å²) in [6.45, 7) is 0. The van der Waals surface area contributed by atoms with Crippen molar-refractivity contribution >= 4 is 11.8 Å². The van der Waals surface area contributed by atoms with Crippen molar-refractivity contribution in [3.05, 3.63) is 71.3 Å². The van der Waals surface area contributed by atoms with Crippen LogP contribution in [0.15, 0.2) is 54.6 Å². The molecule has 2 aromatic carbocycles. The van der Waals surface area contributed by atoms with Gasteiger partial charge < -0.3 is 5.73 Å². The number of rotatable bonds is 2. The van der Waals surface area contributed by atoms with Crippen LogP contribution in [0.4, 0.5) is 5.69 Å². The van der Waals surface area contributed by atoms with Gasteiger partial charge in [0, 0.05) is 11.6 Å². The topological polar surface area (TPSA) is 26.0 Å². The molecule has 0 saturated carbocycles. The molecule has 1 heteroatoms. The quantitative estimate of drug-likeness (QED) is 0.770. The Bertz CT molecular complexity index is 552. The normalized spacial score (nSPS) is 17.1. The van der Waals surface area contributed by atoms with E-state index >= 15 is 0 Å². The molecule has 3 rings (SSSR count). The highest BCUT2D eigenvalue weighted by Gasteiger charge is 2.16. The van der Waals surface area contributed by atoms with E-state index in [-0.39, 0.29) is 0 Å². The summed E-state index contributed by atoms with van der Waals surface area (Å²) >= 11 is 0. The second kappa shape index (κ2) is 4.10. The SMILES string of the molecule is Nc1ccc(CC2C=Cc3ccccc32)cc1. The number of anilines is 1. The molecular formula is C16H15N. The summed E-state index contributed by atoms with van der Waals surface area (Å²) < 4.78 is 0. The average Bonchev–Trinajstić information content (AvgIpc) is 2.76. The molecule has 0 aromatic heterocycles. The Morgan fingerprint density at radius 1 is 0.941 bits per heavy atom. The first-order valence-electron chi connectivity index (χ1n) is 5.94. The van der Waals surface area contributed by atoms with Crippen LogP contribution in [0.25, 0.3) is 6.08 Å². The third kappa shape index (κ3) is 1.96. The maximum atomic E-state index is 5.70. The van der Waals surface area contributed by atoms with E-state index in [1.165, 1.54) is 16.7 Å². The molecule has 0 fully saturated rings. The van der Waals surface area contributed by atoms with Gasteiger partial charge in [-0.1, -0.05) is 48.6 Å². The minimum atomic E-state index is 0.509. The first-order chi connectivity index (χ1) is 8.33. The first kappa shape index (κ1) is 10.2. The molecule has 1 nitrogen and oxygen atoms in total. The second-order valence-electron chi connectivity index (χ2n) is 4.54. The fraction of sp³-hybridized carbons (Fsp3) is 0.125. The van der Waals surface area contributed by atoms with Crippen molar-refractivity contribution in [2.45, 2.75) is 12.3 Å². The molecule has 1 aliphatic rings. The molecule has 0 radical (unpaired) electrons. The van der Waals surface area contributed by atoms with Crippen LogP contribution in [-0.4, -0.2) is 0 Å². The van der Waals surface area contributed by atoms with Gasteiger partial charge in [-0.25, -0.2) is 0 Å². The first-order valence-corrected chi connectivity index (χ1v) is 5.94. The zero-order chi connectivity index (χ0) is 11.7. The zero-order valence-corrected chi connectivity index (χ0v) is 9.64. The van der Waals surface area contributed by atoms with Gasteiger partial charge in [-0.3, -0.25) is 0 Å². The van der Waals surface area contributed by atoms with Crippen LogP contribution in [-0.2, 0) is 6.42 Å². The van der Waals surface area contributed by atoms with Crippen LogP contribution < -0.4 is 5.73 Å². The van der Waals surface area contributed by atoms with E-state index in [2.05, 4.69) is 48.6 Å². The Hall–Kier alpha value is -2.02. The molecule has 0 saturated heterocycles. The van der Waals surface area contributed by atoms with Crippen molar-refractivity contribution in [2.24, 2.45) is 0 Å². The number of nitrogens with two attached hydrogens (primary N) is 1. The third-order valence-corrected chi connectivity index (χ3v) is 3.34. The lowest BCUT2D eigenvalue weighted by molar-refractivity contribution is 0.850. The lowest BCUT2D eigenvalue weighted by Gasteiger charge is -2.11. The molecule has 1 atom stereocenters. The van der Waals surface area contributed by atoms with Crippen molar-refractivity contribution in [3.8, 4) is 0 Å². The van der Waals surface area contributed by atoms with Crippen LogP contribution >= 0.6 is 0 Å². The molecule has 0 amide bonds. The highest BCUT2D eigenvalue weighted by molar-refractivity contribution is 5.62. The van der Waals surface area contributed by atoms with Gasteiger partial charge in [-0.05, 0) is 35.2 Å². The molecule has 0 bridgehead atoms. The standard InChI is InChI=1S/C16H15N/c17-15-9-5-12(6-10-15)11-14-8-7-13-3-1-2-4-16(13)14/h1-10,14H,11,17H2. The molecule has 2 N–H and O–H groups in total. The minimum Gasteiger partial charge on any atom is -0.399 e. The molecule has 0 aliphatic heterocycles. The molecular weight excluding hydrogens is 206 g/mol. The van der Waals surface area contributed by atoms with Gasteiger partial charge in [-0.15, -0.1) is 0 Å². The summed E-state index contributed by atoms with van der Waals surface area (Å²) in [5.74, 6) is 0.509. The zero-order valence-electron chi connectivity index (χ0n) is 9.64. The highest BCUT2D eigenvalue weighted by Crippen LogP contribution is 2.32. The van der Waals surface area contributed by atoms with E-state index in [1.54, 1.807) is 0 Å². The summed E-state index contributed by atoms with van der Waals surface area (Å²) in [5.41, 5.74) is 10.7. The van der Waals surface area contributed by atoms with Crippen molar-refractivity contribution in [1.82, 2.24) is 0 Å². The predicted molar refractivity (Wildman–Crippen MR) is 72.8 cm³/mol. The molecule has 1 aliphatic carbocycles. The van der Waals surface area contributed by atoms with Crippen LogP contribution in [0, 0.1) is 0 Å². The number of fused-ring (bicyclic) bond motifs is 1. The largest absolute Gasteiger partial charge is 0.399 e. The van der Waals surface area contributed by atoms with Gasteiger partial charge in [0.25, 0.3) is 0 Å². The Kier molecular flexibility index (Phi) is 2.45. The summed E-state index contributed by atoms with van der Waals surface area (Å²) in [6.07, 6.45) is 5.56. The predicted octanol–water partition coefficient (Wildman–Crippen LogP) is 3.62. The van der Waals surface area contributed by atoms with Crippen LogP contribution in [0.3, 0.4) is 0 Å². The number of benzene rings is 2. The average molecular weight is 221 g/mol. The lowest BCUT2D eigenvalue weighted by Crippen LogP contribution is -1.98. The maximum absolute atomic E-state index is 5.70. The van der Waals surface area contributed by atoms with Crippen LogP contribution in [0.5, 0.6) is 0 Å². The summed E-state index contributed by atoms with van der Waals surface area (Å²) in [4.78, 5) is 0. The maximum Gasteiger partial charge on any atom is 0.0314 e. The van der Waals surface area contributed by atoms with E-state index in [1.807, 2.05) is 12.1 Å². The van der Waals surface area contributed by atoms with Gasteiger partial charge in [0.15, 0.2) is 0 Å². The summed E-state index contributed by atoms with van der Waals surface area (Å²) in [5, 5.41) is 0. The molecule has 0 spiro atoms. The van der Waals surface area contributed by atoms with Crippen molar-refractivity contribution in [1.29, 1.82) is 0 Å². The summed E-state index contributed by atoms with van der Waals surface area (Å²) in [7, 11) is 0. The van der Waals surface area contributed by atoms with Gasteiger partial charge in [0.2, 0.25) is 0 Å². The lowest BCUT2D eigenvalue weighted by atomic mass is 9.94. The number of allylic oxidation sites excluding steroid dienone is 1. The highest BCUT2D eigenvalue weighted by atomic mass is 14.5. The fourth-order valence-electron chi connectivity index (χ4n) is 2.41. The van der Waals surface area contributed by atoms with E-state index in [9.17, 15) is 0 Å².